The van der Waals surface area contributed by atoms with E-state index in [4.69, 9.17) is 4.74 Å². The SMILES string of the molecule is CCOCCNc1nc(SC)nc2c1cnn2CCNC(=O)CC1CCCC1. The zero-order valence-corrected chi connectivity index (χ0v) is 17.6. The van der Waals surface area contributed by atoms with E-state index in [-0.39, 0.29) is 5.91 Å². The van der Waals surface area contributed by atoms with Crippen LogP contribution in [0.2, 0.25) is 0 Å². The van der Waals surface area contributed by atoms with Crippen molar-refractivity contribution in [2.45, 2.75) is 50.7 Å². The molecule has 2 N–H and O–H groups in total. The van der Waals surface area contributed by atoms with Crippen LogP contribution in [0.4, 0.5) is 5.82 Å². The third-order valence-corrected chi connectivity index (χ3v) is 5.54. The van der Waals surface area contributed by atoms with Gasteiger partial charge in [0.25, 0.3) is 0 Å². The summed E-state index contributed by atoms with van der Waals surface area (Å²) in [6.07, 6.45) is 9.27. The van der Waals surface area contributed by atoms with Crippen molar-refractivity contribution in [3.63, 3.8) is 0 Å². The number of ether oxygens (including phenoxy) is 1. The maximum atomic E-state index is 12.1. The van der Waals surface area contributed by atoms with Gasteiger partial charge in [-0.2, -0.15) is 5.10 Å². The lowest BCUT2D eigenvalue weighted by molar-refractivity contribution is -0.122. The van der Waals surface area contributed by atoms with Gasteiger partial charge in [0.2, 0.25) is 5.91 Å². The van der Waals surface area contributed by atoms with Gasteiger partial charge in [-0.1, -0.05) is 24.6 Å². The summed E-state index contributed by atoms with van der Waals surface area (Å²) in [5.74, 6) is 1.47. The molecule has 154 valence electrons. The highest BCUT2D eigenvalue weighted by molar-refractivity contribution is 7.98. The van der Waals surface area contributed by atoms with Crippen molar-refractivity contribution in [1.29, 1.82) is 0 Å². The molecule has 2 aromatic rings. The van der Waals surface area contributed by atoms with Gasteiger partial charge in [-0.25, -0.2) is 14.6 Å². The van der Waals surface area contributed by atoms with Crippen molar-refractivity contribution < 1.29 is 9.53 Å². The second-order valence-electron chi connectivity index (χ2n) is 6.99. The monoisotopic (exact) mass is 406 g/mol. The van der Waals surface area contributed by atoms with Crippen molar-refractivity contribution >= 4 is 34.5 Å². The molecular formula is C19H30N6O2S. The Hall–Kier alpha value is -1.87. The van der Waals surface area contributed by atoms with Crippen LogP contribution in [0.15, 0.2) is 11.4 Å². The number of nitrogens with one attached hydrogen (secondary N) is 2. The van der Waals surface area contributed by atoms with E-state index in [1.54, 1.807) is 6.20 Å². The minimum Gasteiger partial charge on any atom is -0.380 e. The van der Waals surface area contributed by atoms with E-state index in [0.717, 1.165) is 16.9 Å². The molecule has 9 heteroatoms. The zero-order valence-electron chi connectivity index (χ0n) is 16.7. The molecule has 0 atom stereocenters. The van der Waals surface area contributed by atoms with Gasteiger partial charge in [-0.3, -0.25) is 4.79 Å². The summed E-state index contributed by atoms with van der Waals surface area (Å²) in [5, 5.41) is 12.4. The summed E-state index contributed by atoms with van der Waals surface area (Å²) in [6.45, 7) is 5.11. The number of nitrogens with zero attached hydrogens (tertiary/aromatic N) is 4. The second-order valence-corrected chi connectivity index (χ2v) is 7.77. The van der Waals surface area contributed by atoms with E-state index in [2.05, 4.69) is 25.7 Å². The minimum absolute atomic E-state index is 0.140. The van der Waals surface area contributed by atoms with Crippen LogP contribution in [-0.2, 0) is 16.1 Å². The average molecular weight is 407 g/mol. The lowest BCUT2D eigenvalue weighted by atomic mass is 10.0. The molecule has 0 bridgehead atoms. The summed E-state index contributed by atoms with van der Waals surface area (Å²) in [6, 6.07) is 0. The Balaban J connectivity index is 1.60. The minimum atomic E-state index is 0.140. The number of anilines is 1. The molecule has 3 rings (SSSR count). The normalized spacial score (nSPS) is 14.6. The van der Waals surface area contributed by atoms with Gasteiger partial charge in [-0.05, 0) is 31.9 Å². The Morgan fingerprint density at radius 2 is 2.14 bits per heavy atom. The van der Waals surface area contributed by atoms with Crippen LogP contribution in [-0.4, -0.2) is 58.2 Å². The first-order valence-electron chi connectivity index (χ1n) is 10.1. The predicted octanol–water partition coefficient (Wildman–Crippen LogP) is 2.69. The fourth-order valence-electron chi connectivity index (χ4n) is 3.56. The van der Waals surface area contributed by atoms with Crippen LogP contribution in [0.25, 0.3) is 11.0 Å². The van der Waals surface area contributed by atoms with E-state index >= 15 is 0 Å². The summed E-state index contributed by atoms with van der Waals surface area (Å²) in [5.41, 5.74) is 0.781. The highest BCUT2D eigenvalue weighted by Crippen LogP contribution is 2.27. The molecule has 8 nitrogen and oxygen atoms in total. The quantitative estimate of drug-likeness (QED) is 0.337. The number of fused-ring (bicyclic) bond motifs is 1. The Bertz CT molecular complexity index is 775. The molecule has 2 heterocycles. The fourth-order valence-corrected chi connectivity index (χ4v) is 3.92. The molecule has 1 saturated carbocycles. The van der Waals surface area contributed by atoms with E-state index in [9.17, 15) is 4.79 Å². The van der Waals surface area contributed by atoms with Gasteiger partial charge >= 0.3 is 0 Å². The first-order valence-corrected chi connectivity index (χ1v) is 11.3. The molecule has 1 aliphatic rings. The Morgan fingerprint density at radius 3 is 2.89 bits per heavy atom. The van der Waals surface area contributed by atoms with E-state index in [1.165, 1.54) is 37.4 Å². The summed E-state index contributed by atoms with van der Waals surface area (Å²) in [7, 11) is 0. The second kappa shape index (κ2) is 10.6. The maximum absolute atomic E-state index is 12.1. The van der Waals surface area contributed by atoms with Crippen LogP contribution in [0, 0.1) is 5.92 Å². The molecule has 1 amide bonds. The third kappa shape index (κ3) is 5.57. The van der Waals surface area contributed by atoms with Gasteiger partial charge in [0.05, 0.1) is 24.7 Å². The van der Waals surface area contributed by atoms with E-state index in [1.807, 2.05) is 17.9 Å². The number of carbonyl (C=O) groups is 1. The molecule has 0 spiro atoms. The number of hydrogen-bond donors (Lipinski definition) is 2. The molecule has 1 aliphatic carbocycles. The summed E-state index contributed by atoms with van der Waals surface area (Å²) < 4.78 is 7.21. The number of amides is 1. The highest BCUT2D eigenvalue weighted by Gasteiger charge is 2.18. The molecule has 0 radical (unpaired) electrons. The lowest BCUT2D eigenvalue weighted by Gasteiger charge is -2.11. The zero-order chi connectivity index (χ0) is 19.8. The molecule has 0 saturated heterocycles. The summed E-state index contributed by atoms with van der Waals surface area (Å²) >= 11 is 1.50. The molecule has 2 aromatic heterocycles. The maximum Gasteiger partial charge on any atom is 0.220 e. The molecule has 0 aromatic carbocycles. The van der Waals surface area contributed by atoms with Crippen molar-refractivity contribution in [2.75, 3.05) is 37.9 Å². The average Bonchev–Trinajstić information content (AvgIpc) is 3.35. The molecule has 0 aliphatic heterocycles. The van der Waals surface area contributed by atoms with Gasteiger partial charge in [0.15, 0.2) is 10.8 Å². The third-order valence-electron chi connectivity index (χ3n) is 5.00. The topological polar surface area (TPSA) is 94.0 Å². The number of thioether (sulfide) groups is 1. The van der Waals surface area contributed by atoms with E-state index < -0.39 is 0 Å². The van der Waals surface area contributed by atoms with Gasteiger partial charge in [0, 0.05) is 26.1 Å². The molecular weight excluding hydrogens is 376 g/mol. The Kier molecular flexibility index (Phi) is 7.90. The van der Waals surface area contributed by atoms with Crippen LogP contribution in [0.1, 0.15) is 39.0 Å². The largest absolute Gasteiger partial charge is 0.380 e. The lowest BCUT2D eigenvalue weighted by Crippen LogP contribution is -2.28. The molecule has 0 unspecified atom stereocenters. The van der Waals surface area contributed by atoms with Crippen molar-refractivity contribution in [1.82, 2.24) is 25.1 Å². The number of rotatable bonds is 11. The van der Waals surface area contributed by atoms with Gasteiger partial charge < -0.3 is 15.4 Å². The smallest absolute Gasteiger partial charge is 0.220 e. The Labute approximate surface area is 170 Å². The summed E-state index contributed by atoms with van der Waals surface area (Å²) in [4.78, 5) is 21.3. The first-order chi connectivity index (χ1) is 13.7. The van der Waals surface area contributed by atoms with Crippen LogP contribution in [0.3, 0.4) is 0 Å². The number of hydrogen-bond acceptors (Lipinski definition) is 7. The Morgan fingerprint density at radius 1 is 1.32 bits per heavy atom. The van der Waals surface area contributed by atoms with Gasteiger partial charge in [-0.15, -0.1) is 0 Å². The fraction of sp³-hybridized carbons (Fsp3) is 0.684. The van der Waals surface area contributed by atoms with Gasteiger partial charge in [0.1, 0.15) is 5.82 Å². The van der Waals surface area contributed by atoms with Crippen molar-refractivity contribution in [3.8, 4) is 0 Å². The highest BCUT2D eigenvalue weighted by atomic mass is 32.2. The molecule has 1 fully saturated rings. The van der Waals surface area contributed by atoms with Crippen molar-refractivity contribution in [3.05, 3.63) is 6.20 Å². The van der Waals surface area contributed by atoms with Crippen LogP contribution in [0.5, 0.6) is 0 Å². The standard InChI is InChI=1S/C19H30N6O2S/c1-3-27-11-9-21-17-15-13-22-25(18(15)24-19(23-17)28-2)10-8-20-16(26)12-14-6-4-5-7-14/h13-14H,3-12H2,1-2H3,(H,20,26)(H,21,23,24). The van der Waals surface area contributed by atoms with Crippen molar-refractivity contribution in [2.24, 2.45) is 5.92 Å². The molecule has 28 heavy (non-hydrogen) atoms. The predicted molar refractivity (Wildman–Crippen MR) is 112 cm³/mol. The number of aromatic nitrogens is 4. The van der Waals surface area contributed by atoms with E-state index in [0.29, 0.717) is 50.3 Å². The number of carbonyl (C=O) groups excluding carboxylic acids is 1. The van der Waals surface area contributed by atoms with Crippen LogP contribution >= 0.6 is 11.8 Å². The first kappa shape index (κ1) is 20.9. The van der Waals surface area contributed by atoms with Crippen LogP contribution < -0.4 is 10.6 Å².